The molecule has 0 spiro atoms. The molecule has 0 radical (unpaired) electrons. The molecule has 1 aromatic rings. The van der Waals surface area contributed by atoms with E-state index < -0.39 is 0 Å². The summed E-state index contributed by atoms with van der Waals surface area (Å²) in [4.78, 5) is 26.8. The molecule has 1 aromatic carbocycles. The summed E-state index contributed by atoms with van der Waals surface area (Å²) in [7, 11) is 0. The molecule has 1 aliphatic heterocycles. The third-order valence-corrected chi connectivity index (χ3v) is 5.37. The van der Waals surface area contributed by atoms with Gasteiger partial charge >= 0.3 is 0 Å². The summed E-state index contributed by atoms with van der Waals surface area (Å²) in [5.74, 6) is 0.492. The van der Waals surface area contributed by atoms with Crippen molar-refractivity contribution in [2.24, 2.45) is 5.92 Å². The number of carbonyl (C=O) groups is 2. The van der Waals surface area contributed by atoms with E-state index in [0.29, 0.717) is 12.0 Å². The third kappa shape index (κ3) is 5.23. The number of nitrogens with zero attached hydrogens (tertiary/aromatic N) is 1. The maximum atomic E-state index is 12.8. The number of hydrogen-bond donors (Lipinski definition) is 2. The van der Waals surface area contributed by atoms with E-state index in [0.717, 1.165) is 36.2 Å². The first-order chi connectivity index (χ1) is 12.3. The van der Waals surface area contributed by atoms with E-state index in [-0.39, 0.29) is 24.4 Å². The minimum atomic E-state index is -0.0205. The molecule has 26 heavy (non-hydrogen) atoms. The molecule has 144 valence electrons. The van der Waals surface area contributed by atoms with Crippen molar-refractivity contribution in [1.29, 1.82) is 0 Å². The highest BCUT2D eigenvalue weighted by atomic mass is 16.2. The van der Waals surface area contributed by atoms with Crippen molar-refractivity contribution in [3.63, 3.8) is 0 Å². The van der Waals surface area contributed by atoms with Crippen molar-refractivity contribution < 1.29 is 9.59 Å². The highest BCUT2D eigenvalue weighted by molar-refractivity contribution is 5.95. The van der Waals surface area contributed by atoms with Crippen LogP contribution in [0.4, 0.5) is 5.69 Å². The number of hydrogen-bond acceptors (Lipinski definition) is 3. The van der Waals surface area contributed by atoms with Crippen LogP contribution < -0.4 is 10.6 Å². The Labute approximate surface area is 157 Å². The number of likely N-dealkylation sites (tertiary alicyclic amines) is 1. The van der Waals surface area contributed by atoms with Gasteiger partial charge in [0.2, 0.25) is 5.91 Å². The first-order valence-electron chi connectivity index (χ1n) is 9.74. The first kappa shape index (κ1) is 20.3. The number of anilines is 1. The largest absolute Gasteiger partial charge is 0.376 e. The fraction of sp³-hybridized carbons (Fsp3) is 0.619. The summed E-state index contributed by atoms with van der Waals surface area (Å²) >= 11 is 0. The predicted molar refractivity (Wildman–Crippen MR) is 106 cm³/mol. The lowest BCUT2D eigenvalue weighted by molar-refractivity contribution is -0.120. The van der Waals surface area contributed by atoms with Crippen molar-refractivity contribution in [2.45, 2.75) is 66.0 Å². The smallest absolute Gasteiger partial charge is 0.254 e. The molecule has 1 fully saturated rings. The average molecular weight is 360 g/mol. The Morgan fingerprint density at radius 3 is 2.58 bits per heavy atom. The molecule has 0 aromatic heterocycles. The van der Waals surface area contributed by atoms with Gasteiger partial charge in [-0.15, -0.1) is 0 Å². The first-order valence-corrected chi connectivity index (χ1v) is 9.74. The Morgan fingerprint density at radius 1 is 1.23 bits per heavy atom. The lowest BCUT2D eigenvalue weighted by Crippen LogP contribution is -2.42. The Hall–Kier alpha value is -2.04. The Morgan fingerprint density at radius 2 is 1.96 bits per heavy atom. The van der Waals surface area contributed by atoms with Gasteiger partial charge in [0, 0.05) is 29.9 Å². The fourth-order valence-electron chi connectivity index (χ4n) is 3.21. The molecule has 2 rings (SSSR count). The van der Waals surface area contributed by atoms with E-state index in [1.807, 2.05) is 36.9 Å². The molecule has 0 aliphatic carbocycles. The van der Waals surface area contributed by atoms with Gasteiger partial charge in [0.15, 0.2) is 0 Å². The molecule has 0 bridgehead atoms. The lowest BCUT2D eigenvalue weighted by Gasteiger charge is -2.33. The number of carbonyl (C=O) groups excluding carboxylic acids is 2. The Bertz CT molecular complexity index is 642. The van der Waals surface area contributed by atoms with Gasteiger partial charge in [-0.05, 0) is 69.7 Å². The van der Waals surface area contributed by atoms with E-state index >= 15 is 0 Å². The predicted octanol–water partition coefficient (Wildman–Crippen LogP) is 3.58. The van der Waals surface area contributed by atoms with Crippen LogP contribution in [0.5, 0.6) is 0 Å². The molecule has 5 nitrogen and oxygen atoms in total. The van der Waals surface area contributed by atoms with Crippen LogP contribution in [0.2, 0.25) is 0 Å². The van der Waals surface area contributed by atoms with Crippen LogP contribution in [-0.2, 0) is 4.79 Å². The average Bonchev–Trinajstić information content (AvgIpc) is 2.60. The van der Waals surface area contributed by atoms with Gasteiger partial charge in [0.1, 0.15) is 0 Å². The van der Waals surface area contributed by atoms with Crippen molar-refractivity contribution in [1.82, 2.24) is 10.2 Å². The van der Waals surface area contributed by atoms with E-state index in [1.54, 1.807) is 0 Å². The van der Waals surface area contributed by atoms with Crippen molar-refractivity contribution in [3.8, 4) is 0 Å². The van der Waals surface area contributed by atoms with E-state index in [1.165, 1.54) is 6.42 Å². The van der Waals surface area contributed by atoms with Gasteiger partial charge < -0.3 is 15.5 Å². The second-order valence-electron chi connectivity index (χ2n) is 7.83. The fourth-order valence-corrected chi connectivity index (χ4v) is 3.21. The quantitative estimate of drug-likeness (QED) is 0.816. The summed E-state index contributed by atoms with van der Waals surface area (Å²) in [5, 5.41) is 6.16. The number of amides is 2. The van der Waals surface area contributed by atoms with Crippen LogP contribution >= 0.6 is 0 Å². The van der Waals surface area contributed by atoms with Crippen LogP contribution in [0.3, 0.4) is 0 Å². The normalized spacial score (nSPS) is 18.5. The maximum Gasteiger partial charge on any atom is 0.254 e. The van der Waals surface area contributed by atoms with E-state index in [9.17, 15) is 9.59 Å². The van der Waals surface area contributed by atoms with Crippen molar-refractivity contribution in [3.05, 3.63) is 29.3 Å². The SMILES string of the molecule is Cc1cc(C(=O)N2CCCCC2C)ccc1NCC(=O)NC(C)C(C)C. The number of aryl methyl sites for hydroxylation is 1. The Kier molecular flexibility index (Phi) is 7.06. The van der Waals surface area contributed by atoms with Gasteiger partial charge in [-0.3, -0.25) is 9.59 Å². The topological polar surface area (TPSA) is 61.4 Å². The van der Waals surface area contributed by atoms with Gasteiger partial charge in [-0.25, -0.2) is 0 Å². The zero-order valence-electron chi connectivity index (χ0n) is 16.8. The van der Waals surface area contributed by atoms with Gasteiger partial charge in [0.25, 0.3) is 5.91 Å². The van der Waals surface area contributed by atoms with E-state index in [4.69, 9.17) is 0 Å². The summed E-state index contributed by atoms with van der Waals surface area (Å²) in [6.07, 6.45) is 3.36. The minimum Gasteiger partial charge on any atom is -0.376 e. The Balaban J connectivity index is 1.96. The highest BCUT2D eigenvalue weighted by Crippen LogP contribution is 2.22. The zero-order chi connectivity index (χ0) is 19.3. The van der Waals surface area contributed by atoms with Crippen LogP contribution in [0.1, 0.15) is 62.9 Å². The number of piperidine rings is 1. The molecule has 1 saturated heterocycles. The second kappa shape index (κ2) is 9.06. The molecule has 2 unspecified atom stereocenters. The van der Waals surface area contributed by atoms with Crippen molar-refractivity contribution >= 4 is 17.5 Å². The molecular formula is C21H33N3O2. The monoisotopic (exact) mass is 359 g/mol. The van der Waals surface area contributed by atoms with Crippen LogP contribution in [-0.4, -0.2) is 41.9 Å². The third-order valence-electron chi connectivity index (χ3n) is 5.37. The van der Waals surface area contributed by atoms with Crippen LogP contribution in [0, 0.1) is 12.8 Å². The summed E-state index contributed by atoms with van der Waals surface area (Å²) in [5.41, 5.74) is 2.59. The number of rotatable bonds is 6. The molecule has 2 amide bonds. The van der Waals surface area contributed by atoms with Crippen LogP contribution in [0.25, 0.3) is 0 Å². The lowest BCUT2D eigenvalue weighted by atomic mass is 10.0. The molecule has 2 atom stereocenters. The molecule has 2 N–H and O–H groups in total. The summed E-state index contributed by atoms with van der Waals surface area (Å²) in [6.45, 7) is 11.3. The maximum absolute atomic E-state index is 12.8. The molecule has 0 saturated carbocycles. The standard InChI is InChI=1S/C21H33N3O2/c1-14(2)17(5)23-20(25)13-22-19-10-9-18(12-15(19)3)21(26)24-11-7-6-8-16(24)4/h9-10,12,14,16-17,22H,6-8,11,13H2,1-5H3,(H,23,25). The second-order valence-corrected chi connectivity index (χ2v) is 7.83. The van der Waals surface area contributed by atoms with Crippen LogP contribution in [0.15, 0.2) is 18.2 Å². The van der Waals surface area contributed by atoms with Gasteiger partial charge in [-0.1, -0.05) is 13.8 Å². The van der Waals surface area contributed by atoms with E-state index in [2.05, 4.69) is 31.4 Å². The summed E-state index contributed by atoms with van der Waals surface area (Å²) in [6, 6.07) is 6.13. The van der Waals surface area contributed by atoms with Crippen molar-refractivity contribution in [2.75, 3.05) is 18.4 Å². The number of benzene rings is 1. The zero-order valence-corrected chi connectivity index (χ0v) is 16.8. The van der Waals surface area contributed by atoms with Gasteiger partial charge in [-0.2, -0.15) is 0 Å². The van der Waals surface area contributed by atoms with Gasteiger partial charge in [0.05, 0.1) is 6.54 Å². The highest BCUT2D eigenvalue weighted by Gasteiger charge is 2.24. The molecule has 1 aliphatic rings. The molecular weight excluding hydrogens is 326 g/mol. The molecule has 5 heteroatoms. The summed E-state index contributed by atoms with van der Waals surface area (Å²) < 4.78 is 0. The molecule has 1 heterocycles. The number of nitrogens with one attached hydrogen (secondary N) is 2. The minimum absolute atomic E-state index is 0.0205.